The third-order valence-corrected chi connectivity index (χ3v) is 3.57. The summed E-state index contributed by atoms with van der Waals surface area (Å²) >= 11 is 0. The highest BCUT2D eigenvalue weighted by Crippen LogP contribution is 2.22. The number of hydrogen-bond acceptors (Lipinski definition) is 2. The van der Waals surface area contributed by atoms with Gasteiger partial charge in [0.05, 0.1) is 11.0 Å². The van der Waals surface area contributed by atoms with E-state index in [1.54, 1.807) is 0 Å². The Morgan fingerprint density at radius 1 is 1.21 bits per heavy atom. The second-order valence-corrected chi connectivity index (χ2v) is 5.78. The van der Waals surface area contributed by atoms with Crippen LogP contribution < -0.4 is 0 Å². The minimum Gasteiger partial charge on any atom is -0.396 e. The minimum atomic E-state index is 0.228. The van der Waals surface area contributed by atoms with E-state index in [4.69, 9.17) is 10.1 Å². The van der Waals surface area contributed by atoms with Gasteiger partial charge in [0.15, 0.2) is 0 Å². The molecule has 0 atom stereocenters. The zero-order chi connectivity index (χ0) is 14.0. The summed E-state index contributed by atoms with van der Waals surface area (Å²) in [6.45, 7) is 9.77. The number of imidazole rings is 1. The van der Waals surface area contributed by atoms with Crippen LogP contribution in [-0.2, 0) is 13.0 Å². The van der Waals surface area contributed by atoms with Crippen molar-refractivity contribution in [1.82, 2.24) is 9.55 Å². The molecule has 2 rings (SSSR count). The van der Waals surface area contributed by atoms with E-state index < -0.39 is 0 Å². The number of fused-ring (bicyclic) bond motifs is 1. The Kier molecular flexibility index (Phi) is 4.25. The summed E-state index contributed by atoms with van der Waals surface area (Å²) in [5.41, 5.74) is 4.87. The minimum absolute atomic E-state index is 0.228. The van der Waals surface area contributed by atoms with Gasteiger partial charge in [0, 0.05) is 19.6 Å². The number of hydrogen-bond donors (Lipinski definition) is 1. The molecule has 0 saturated heterocycles. The van der Waals surface area contributed by atoms with Gasteiger partial charge in [0.2, 0.25) is 0 Å². The van der Waals surface area contributed by atoms with Crippen LogP contribution in [0.1, 0.15) is 37.2 Å². The lowest BCUT2D eigenvalue weighted by molar-refractivity contribution is 0.279. The molecule has 0 amide bonds. The lowest BCUT2D eigenvalue weighted by atomic mass is 10.1. The van der Waals surface area contributed by atoms with Gasteiger partial charge in [0.25, 0.3) is 0 Å². The number of aromatic nitrogens is 2. The second-order valence-electron chi connectivity index (χ2n) is 5.78. The van der Waals surface area contributed by atoms with Crippen molar-refractivity contribution in [3.63, 3.8) is 0 Å². The Labute approximate surface area is 115 Å². The van der Waals surface area contributed by atoms with Gasteiger partial charge in [0.1, 0.15) is 5.82 Å². The predicted molar refractivity (Wildman–Crippen MR) is 79.5 cm³/mol. The first-order valence-corrected chi connectivity index (χ1v) is 7.10. The number of aryl methyl sites for hydroxylation is 3. The van der Waals surface area contributed by atoms with Gasteiger partial charge >= 0.3 is 0 Å². The summed E-state index contributed by atoms with van der Waals surface area (Å²) in [6, 6.07) is 4.39. The average Bonchev–Trinajstić information content (AvgIpc) is 2.63. The molecule has 1 N–H and O–H groups in total. The van der Waals surface area contributed by atoms with Crippen molar-refractivity contribution in [3.05, 3.63) is 29.1 Å². The Hall–Kier alpha value is -1.35. The summed E-state index contributed by atoms with van der Waals surface area (Å²) in [6.07, 6.45) is 1.77. The summed E-state index contributed by atoms with van der Waals surface area (Å²) < 4.78 is 2.28. The first-order valence-electron chi connectivity index (χ1n) is 7.10. The van der Waals surface area contributed by atoms with Crippen molar-refractivity contribution < 1.29 is 5.11 Å². The predicted octanol–water partition coefficient (Wildman–Crippen LogP) is 3.23. The van der Waals surface area contributed by atoms with Crippen LogP contribution in [-0.4, -0.2) is 21.3 Å². The highest BCUT2D eigenvalue weighted by molar-refractivity contribution is 5.78. The lowest BCUT2D eigenvalue weighted by Gasteiger charge is -2.10. The van der Waals surface area contributed by atoms with E-state index in [2.05, 4.69) is 44.4 Å². The van der Waals surface area contributed by atoms with Crippen molar-refractivity contribution in [2.75, 3.05) is 6.61 Å². The molecular weight excluding hydrogens is 236 g/mol. The molecule has 0 fully saturated rings. The van der Waals surface area contributed by atoms with Crippen LogP contribution in [0.15, 0.2) is 12.1 Å². The third kappa shape index (κ3) is 2.98. The van der Waals surface area contributed by atoms with Crippen molar-refractivity contribution in [2.45, 2.75) is 47.1 Å². The van der Waals surface area contributed by atoms with Gasteiger partial charge in [-0.05, 0) is 49.4 Å². The molecule has 0 bridgehead atoms. The van der Waals surface area contributed by atoms with E-state index in [9.17, 15) is 0 Å². The first-order chi connectivity index (χ1) is 9.02. The van der Waals surface area contributed by atoms with Crippen molar-refractivity contribution in [1.29, 1.82) is 0 Å². The van der Waals surface area contributed by atoms with Gasteiger partial charge < -0.3 is 9.67 Å². The largest absolute Gasteiger partial charge is 0.396 e. The molecular formula is C16H24N2O. The molecule has 0 saturated carbocycles. The molecule has 1 aromatic heterocycles. The fraction of sp³-hybridized carbons (Fsp3) is 0.562. The number of aliphatic hydroxyl groups excluding tert-OH is 1. The number of nitrogens with zero attached hydrogens (tertiary/aromatic N) is 2. The summed E-state index contributed by atoms with van der Waals surface area (Å²) in [7, 11) is 0. The second kappa shape index (κ2) is 5.74. The van der Waals surface area contributed by atoms with Crippen LogP contribution in [0.2, 0.25) is 0 Å². The summed E-state index contributed by atoms with van der Waals surface area (Å²) in [5.74, 6) is 1.73. The maximum absolute atomic E-state index is 9.07. The molecule has 0 aliphatic carbocycles. The molecule has 3 heteroatoms. The van der Waals surface area contributed by atoms with E-state index in [-0.39, 0.29) is 6.61 Å². The van der Waals surface area contributed by atoms with Crippen LogP contribution >= 0.6 is 0 Å². The monoisotopic (exact) mass is 260 g/mol. The van der Waals surface area contributed by atoms with Gasteiger partial charge in [-0.15, -0.1) is 0 Å². The van der Waals surface area contributed by atoms with Gasteiger partial charge in [-0.25, -0.2) is 4.98 Å². The van der Waals surface area contributed by atoms with Gasteiger partial charge in [-0.3, -0.25) is 0 Å². The zero-order valence-corrected chi connectivity index (χ0v) is 12.4. The van der Waals surface area contributed by atoms with Crippen LogP contribution in [0.5, 0.6) is 0 Å². The number of rotatable bonds is 5. The van der Waals surface area contributed by atoms with Crippen LogP contribution in [0.3, 0.4) is 0 Å². The molecule has 2 aromatic rings. The van der Waals surface area contributed by atoms with Crippen LogP contribution in [0.25, 0.3) is 11.0 Å². The maximum atomic E-state index is 9.07. The van der Waals surface area contributed by atoms with E-state index in [0.29, 0.717) is 5.92 Å². The van der Waals surface area contributed by atoms with Crippen molar-refractivity contribution >= 4 is 11.0 Å². The molecule has 1 heterocycles. The fourth-order valence-electron chi connectivity index (χ4n) is 2.43. The quantitative estimate of drug-likeness (QED) is 0.896. The summed E-state index contributed by atoms with van der Waals surface area (Å²) in [5, 5.41) is 9.07. The molecule has 3 nitrogen and oxygen atoms in total. The van der Waals surface area contributed by atoms with E-state index in [0.717, 1.165) is 30.7 Å². The van der Waals surface area contributed by atoms with E-state index in [1.165, 1.54) is 16.6 Å². The van der Waals surface area contributed by atoms with Gasteiger partial charge in [-0.1, -0.05) is 13.8 Å². The highest BCUT2D eigenvalue weighted by atomic mass is 16.3. The highest BCUT2D eigenvalue weighted by Gasteiger charge is 2.12. The van der Waals surface area contributed by atoms with Crippen molar-refractivity contribution in [3.8, 4) is 0 Å². The Morgan fingerprint density at radius 3 is 2.53 bits per heavy atom. The number of aliphatic hydroxyl groups is 1. The topological polar surface area (TPSA) is 38.0 Å². The standard InChI is InChI=1S/C16H24N2O/c1-11(2)8-16-17-14-9-12(3)13(4)10-15(14)18(16)6-5-7-19/h9-11,19H,5-8H2,1-4H3. The molecule has 0 aliphatic rings. The maximum Gasteiger partial charge on any atom is 0.110 e. The Morgan fingerprint density at radius 2 is 1.89 bits per heavy atom. The van der Waals surface area contributed by atoms with Gasteiger partial charge in [-0.2, -0.15) is 0 Å². The van der Waals surface area contributed by atoms with Crippen molar-refractivity contribution in [2.24, 2.45) is 5.92 Å². The molecule has 104 valence electrons. The molecule has 1 aromatic carbocycles. The normalized spacial score (nSPS) is 11.7. The Bertz CT molecular complexity index is 570. The smallest absolute Gasteiger partial charge is 0.110 e. The van der Waals surface area contributed by atoms with Crippen LogP contribution in [0, 0.1) is 19.8 Å². The molecule has 19 heavy (non-hydrogen) atoms. The third-order valence-electron chi connectivity index (χ3n) is 3.57. The molecule has 0 unspecified atom stereocenters. The van der Waals surface area contributed by atoms with E-state index in [1.807, 2.05) is 0 Å². The number of benzene rings is 1. The first kappa shape index (κ1) is 14.1. The molecule has 0 spiro atoms. The van der Waals surface area contributed by atoms with E-state index >= 15 is 0 Å². The fourth-order valence-corrected chi connectivity index (χ4v) is 2.43. The average molecular weight is 260 g/mol. The Balaban J connectivity index is 2.52. The molecule has 0 aliphatic heterocycles. The van der Waals surface area contributed by atoms with Crippen LogP contribution in [0.4, 0.5) is 0 Å². The molecule has 0 radical (unpaired) electrons. The zero-order valence-electron chi connectivity index (χ0n) is 12.4. The SMILES string of the molecule is Cc1cc2nc(CC(C)C)n(CCCO)c2cc1C. The lowest BCUT2D eigenvalue weighted by Crippen LogP contribution is -2.08. The summed E-state index contributed by atoms with van der Waals surface area (Å²) in [4.78, 5) is 4.79.